The molecule has 1 unspecified atom stereocenters. The Kier molecular flexibility index (Phi) is 23.1. The topological polar surface area (TPSA) is 329 Å². The van der Waals surface area contributed by atoms with Gasteiger partial charge in [-0.2, -0.15) is 0 Å². The van der Waals surface area contributed by atoms with E-state index in [1.54, 1.807) is 48.5 Å². The van der Waals surface area contributed by atoms with Gasteiger partial charge >= 0.3 is 0 Å². The Hall–Kier alpha value is -5.05. The summed E-state index contributed by atoms with van der Waals surface area (Å²) in [6, 6.07) is -8.59. The van der Waals surface area contributed by atoms with Gasteiger partial charge in [-0.3, -0.25) is 43.3 Å². The molecule has 8 amide bonds. The molecular weight excluding hydrogens is 782 g/mol. The third-order valence-electron chi connectivity index (χ3n) is 10.5. The zero-order chi connectivity index (χ0) is 45.9. The highest BCUT2D eigenvalue weighted by Crippen LogP contribution is 2.20. The Morgan fingerprint density at radius 2 is 1.22 bits per heavy atom. The molecule has 0 radical (unpaired) electrons. The quantitative estimate of drug-likeness (QED) is 0.0253. The van der Waals surface area contributed by atoms with Crippen LogP contribution in [0.15, 0.2) is 4.99 Å². The largest absolute Gasteiger partial charge is 0.394 e. The maximum atomic E-state index is 14.0. The van der Waals surface area contributed by atoms with Crippen molar-refractivity contribution >= 4 is 53.2 Å². The maximum Gasteiger partial charge on any atom is 0.245 e. The smallest absolute Gasteiger partial charge is 0.245 e. The van der Waals surface area contributed by atoms with Crippen LogP contribution in [0.3, 0.4) is 0 Å². The van der Waals surface area contributed by atoms with Crippen LogP contribution in [0.25, 0.3) is 0 Å². The van der Waals surface area contributed by atoms with Crippen molar-refractivity contribution in [2.45, 2.75) is 149 Å². The lowest BCUT2D eigenvalue weighted by molar-refractivity contribution is -0.142. The molecule has 60 heavy (non-hydrogen) atoms. The molecule has 21 heteroatoms. The highest BCUT2D eigenvalue weighted by atomic mass is 16.3. The summed E-state index contributed by atoms with van der Waals surface area (Å²) in [5.74, 6) is -6.92. The van der Waals surface area contributed by atoms with E-state index < -0.39 is 108 Å². The van der Waals surface area contributed by atoms with E-state index in [-0.39, 0.29) is 37.2 Å². The van der Waals surface area contributed by atoms with Crippen molar-refractivity contribution < 1.29 is 48.6 Å². The molecular formula is C39H71N11O10. The number of aliphatic imine (C=N–C) groups is 1. The van der Waals surface area contributed by atoms with Gasteiger partial charge in [-0.15, -0.1) is 0 Å². The van der Waals surface area contributed by atoms with Gasteiger partial charge in [0.25, 0.3) is 0 Å². The first-order chi connectivity index (χ1) is 28.1. The minimum Gasteiger partial charge on any atom is -0.394 e. The molecule has 0 aromatic heterocycles. The van der Waals surface area contributed by atoms with Crippen LogP contribution in [0, 0.1) is 17.8 Å². The van der Waals surface area contributed by atoms with Gasteiger partial charge in [0.15, 0.2) is 5.96 Å². The number of nitrogens with zero attached hydrogens (tertiary/aromatic N) is 2. The number of aliphatic hydroxyl groups excluding tert-OH is 2. The molecule has 1 heterocycles. The lowest BCUT2D eigenvalue weighted by atomic mass is 9.96. The predicted octanol–water partition coefficient (Wildman–Crippen LogP) is -2.78. The van der Waals surface area contributed by atoms with Gasteiger partial charge in [0, 0.05) is 26.6 Å². The SMILES string of the molecule is CCNC(=O)[C@@H]1CCCN1C(=O)[C@H](CCCN=C(N)N)NC(=O)[C@@H](NC(=O)[C@@H](NC(=O)[C@H](CO)NC(=O)[C@@H](NC(=O)[C@@H](NC(C)=O)C(C)C)C(C)CC)[C@@H](C)O)[C@@H](C)CC. The fourth-order valence-corrected chi connectivity index (χ4v) is 6.58. The summed E-state index contributed by atoms with van der Waals surface area (Å²) in [6.45, 7) is 14.5. The second kappa shape index (κ2) is 26.2. The van der Waals surface area contributed by atoms with Crippen molar-refractivity contribution in [2.75, 3.05) is 26.2 Å². The monoisotopic (exact) mass is 854 g/mol. The van der Waals surface area contributed by atoms with Crippen molar-refractivity contribution in [3.63, 3.8) is 0 Å². The van der Waals surface area contributed by atoms with Gasteiger partial charge in [-0.1, -0.05) is 54.4 Å². The summed E-state index contributed by atoms with van der Waals surface area (Å²) in [6.07, 6.45) is 0.674. The second-order valence-electron chi connectivity index (χ2n) is 15.7. The van der Waals surface area contributed by atoms with Crippen molar-refractivity contribution in [1.82, 2.24) is 42.1 Å². The molecule has 13 N–H and O–H groups in total. The molecule has 0 spiro atoms. The third kappa shape index (κ3) is 16.5. The van der Waals surface area contributed by atoms with Crippen LogP contribution < -0.4 is 48.7 Å². The zero-order valence-electron chi connectivity index (χ0n) is 36.6. The van der Waals surface area contributed by atoms with E-state index in [0.717, 1.165) is 0 Å². The summed E-state index contributed by atoms with van der Waals surface area (Å²) in [5, 5.41) is 38.8. The van der Waals surface area contributed by atoms with Crippen molar-refractivity contribution in [3.8, 4) is 0 Å². The zero-order valence-corrected chi connectivity index (χ0v) is 36.6. The van der Waals surface area contributed by atoms with E-state index in [1.165, 1.54) is 18.7 Å². The van der Waals surface area contributed by atoms with E-state index in [4.69, 9.17) is 11.5 Å². The number of carbonyl (C=O) groups excluding carboxylic acids is 8. The number of amides is 8. The predicted molar refractivity (Wildman–Crippen MR) is 223 cm³/mol. The number of nitrogens with one attached hydrogen (secondary N) is 7. The molecule has 1 fully saturated rings. The Morgan fingerprint density at radius 1 is 0.717 bits per heavy atom. The van der Waals surface area contributed by atoms with Gasteiger partial charge in [0.1, 0.15) is 42.3 Å². The number of guanidine groups is 1. The number of nitrogens with two attached hydrogens (primary N) is 2. The van der Waals surface area contributed by atoms with Gasteiger partial charge < -0.3 is 63.8 Å². The van der Waals surface area contributed by atoms with Crippen molar-refractivity contribution in [1.29, 1.82) is 0 Å². The van der Waals surface area contributed by atoms with Gasteiger partial charge in [0.05, 0.1) is 12.7 Å². The summed E-state index contributed by atoms with van der Waals surface area (Å²) < 4.78 is 0. The fraction of sp³-hybridized carbons (Fsp3) is 0.769. The number of aliphatic hydroxyl groups is 2. The minimum atomic E-state index is -1.68. The summed E-state index contributed by atoms with van der Waals surface area (Å²) in [4.78, 5) is 112. The van der Waals surface area contributed by atoms with Crippen LogP contribution in [0.2, 0.25) is 0 Å². The van der Waals surface area contributed by atoms with Crippen LogP contribution in [0.4, 0.5) is 0 Å². The summed E-state index contributed by atoms with van der Waals surface area (Å²) >= 11 is 0. The molecule has 10 atom stereocenters. The van der Waals surface area contributed by atoms with Gasteiger partial charge in [-0.25, -0.2) is 0 Å². The lowest BCUT2D eigenvalue weighted by Gasteiger charge is -2.32. The number of rotatable bonds is 25. The first kappa shape index (κ1) is 53.0. The third-order valence-corrected chi connectivity index (χ3v) is 10.5. The van der Waals surface area contributed by atoms with Crippen LogP contribution in [-0.2, 0) is 38.4 Å². The Labute approximate surface area is 353 Å². The molecule has 1 aliphatic rings. The standard InChI is InChI=1S/C39H71N11O10/c1-10-21(6)29(35(57)45-25(15-13-17-43-39(40)41)38(60)50-18-14-16-27(50)33(55)42-12-3)48-37(59)31(23(8)52)49-32(54)26(19-51)46-36(58)30(22(7)11-2)47-34(56)28(20(4)5)44-24(9)53/h20-23,25-31,51-52H,10-19H2,1-9H3,(H,42,55)(H,44,53)(H,45,57)(H,46,58)(H,47,56)(H,48,59)(H,49,54)(H4,40,41,43)/t21-,22?,23+,25-,26-,27-,28-,29-,30-,31-/m0/s1. The average Bonchev–Trinajstić information content (AvgIpc) is 3.69. The molecule has 0 saturated carbocycles. The lowest BCUT2D eigenvalue weighted by Crippen LogP contribution is -2.63. The molecule has 1 aliphatic heterocycles. The summed E-state index contributed by atoms with van der Waals surface area (Å²) in [7, 11) is 0. The first-order valence-electron chi connectivity index (χ1n) is 20.9. The molecule has 0 bridgehead atoms. The summed E-state index contributed by atoms with van der Waals surface area (Å²) in [5.41, 5.74) is 10.9. The van der Waals surface area contributed by atoms with E-state index in [9.17, 15) is 48.6 Å². The maximum absolute atomic E-state index is 14.0. The van der Waals surface area contributed by atoms with Gasteiger partial charge in [-0.05, 0) is 57.3 Å². The number of hydrogen-bond donors (Lipinski definition) is 11. The van der Waals surface area contributed by atoms with Crippen molar-refractivity contribution in [3.05, 3.63) is 0 Å². The van der Waals surface area contributed by atoms with E-state index in [1.807, 2.05) is 0 Å². The van der Waals surface area contributed by atoms with E-state index >= 15 is 0 Å². The van der Waals surface area contributed by atoms with Crippen LogP contribution in [0.5, 0.6) is 0 Å². The molecule has 1 rings (SSSR count). The van der Waals surface area contributed by atoms with E-state index in [0.29, 0.717) is 38.8 Å². The highest BCUT2D eigenvalue weighted by molar-refractivity contribution is 5.98. The number of likely N-dealkylation sites (N-methyl/N-ethyl adjacent to an activating group) is 1. The van der Waals surface area contributed by atoms with Crippen molar-refractivity contribution in [2.24, 2.45) is 34.2 Å². The second-order valence-corrected chi connectivity index (χ2v) is 15.7. The van der Waals surface area contributed by atoms with Crippen LogP contribution in [0.1, 0.15) is 101 Å². The Morgan fingerprint density at radius 3 is 1.67 bits per heavy atom. The number of hydrogen-bond acceptors (Lipinski definition) is 11. The minimum absolute atomic E-state index is 0.0942. The molecule has 1 saturated heterocycles. The Balaban J connectivity index is 3.30. The van der Waals surface area contributed by atoms with Gasteiger partial charge in [0.2, 0.25) is 47.3 Å². The molecule has 0 aromatic carbocycles. The highest BCUT2D eigenvalue weighted by Gasteiger charge is 2.40. The van der Waals surface area contributed by atoms with Crippen LogP contribution in [-0.4, -0.2) is 143 Å². The number of likely N-dealkylation sites (tertiary alicyclic amines) is 1. The van der Waals surface area contributed by atoms with Crippen LogP contribution >= 0.6 is 0 Å². The number of carbonyl (C=O) groups is 8. The Bertz CT molecular complexity index is 1510. The average molecular weight is 854 g/mol. The molecule has 0 aliphatic carbocycles. The van der Waals surface area contributed by atoms with E-state index in [2.05, 4.69) is 42.2 Å². The molecule has 21 nitrogen and oxygen atoms in total. The normalized spacial score (nSPS) is 18.2. The first-order valence-corrected chi connectivity index (χ1v) is 20.9. The fourth-order valence-electron chi connectivity index (χ4n) is 6.58. The molecule has 0 aromatic rings. The molecule has 342 valence electrons.